The molecule has 0 aromatic rings. The summed E-state index contributed by atoms with van der Waals surface area (Å²) in [5.41, 5.74) is -1.83. The van der Waals surface area contributed by atoms with Gasteiger partial charge in [-0.15, -0.1) is 0 Å². The van der Waals surface area contributed by atoms with Crippen molar-refractivity contribution in [3.05, 3.63) is 0 Å². The van der Waals surface area contributed by atoms with Crippen molar-refractivity contribution >= 4 is 11.9 Å². The van der Waals surface area contributed by atoms with Crippen molar-refractivity contribution in [1.29, 1.82) is 0 Å². The summed E-state index contributed by atoms with van der Waals surface area (Å²) in [6.45, 7) is 1.06. The first-order valence-corrected chi connectivity index (χ1v) is 4.87. The lowest BCUT2D eigenvalue weighted by Gasteiger charge is -2.18. The number of nitrogens with one attached hydrogen (secondary N) is 2. The van der Waals surface area contributed by atoms with E-state index in [-0.39, 0.29) is 19.0 Å². The molecule has 0 heterocycles. The molecule has 0 aromatic heterocycles. The summed E-state index contributed by atoms with van der Waals surface area (Å²) in [5.74, 6) is -1.48. The van der Waals surface area contributed by atoms with Crippen LogP contribution in [0.5, 0.6) is 0 Å². The van der Waals surface area contributed by atoms with E-state index in [0.29, 0.717) is 6.04 Å². The van der Waals surface area contributed by atoms with Crippen LogP contribution in [0.1, 0.15) is 19.8 Å². The fourth-order valence-corrected chi connectivity index (χ4v) is 1.00. The molecule has 1 atom stereocenters. The molecule has 1 aliphatic rings. The van der Waals surface area contributed by atoms with Gasteiger partial charge >= 0.3 is 5.97 Å². The lowest BCUT2D eigenvalue weighted by atomic mass is 10.1. The predicted molar refractivity (Wildman–Crippen MR) is 52.3 cm³/mol. The Kier molecular flexibility index (Phi) is 3.65. The van der Waals surface area contributed by atoms with E-state index in [9.17, 15) is 14.7 Å². The van der Waals surface area contributed by atoms with Crippen LogP contribution in [0, 0.1) is 0 Å². The molecule has 4 N–H and O–H groups in total. The summed E-state index contributed by atoms with van der Waals surface area (Å²) in [5, 5.41) is 23.2. The minimum Gasteiger partial charge on any atom is -0.479 e. The first-order chi connectivity index (χ1) is 6.92. The molecule has 1 unspecified atom stereocenters. The number of carbonyl (C=O) groups excluding carboxylic acids is 1. The fourth-order valence-electron chi connectivity index (χ4n) is 1.00. The molecule has 0 radical (unpaired) electrons. The average Bonchev–Trinajstić information content (AvgIpc) is 2.87. The Morgan fingerprint density at radius 1 is 1.47 bits per heavy atom. The number of rotatable bonds is 6. The minimum atomic E-state index is -1.83. The van der Waals surface area contributed by atoms with Gasteiger partial charge < -0.3 is 20.8 Å². The Balaban J connectivity index is 2.14. The van der Waals surface area contributed by atoms with Crippen molar-refractivity contribution in [1.82, 2.24) is 10.6 Å². The van der Waals surface area contributed by atoms with Gasteiger partial charge in [0.2, 0.25) is 5.91 Å². The van der Waals surface area contributed by atoms with E-state index < -0.39 is 11.6 Å². The molecule has 0 aliphatic heterocycles. The summed E-state index contributed by atoms with van der Waals surface area (Å²) >= 11 is 0. The maximum absolute atomic E-state index is 11.1. The standard InChI is InChI=1S/C9H16N2O4/c1-9(15,8(13)14)5-10-4-7(12)11-6-2-3-6/h6,10,15H,2-5H2,1H3,(H,11,12)(H,13,14). The van der Waals surface area contributed by atoms with Gasteiger partial charge in [-0.1, -0.05) is 0 Å². The number of carboxylic acids is 1. The first-order valence-electron chi connectivity index (χ1n) is 4.87. The smallest absolute Gasteiger partial charge is 0.336 e. The Labute approximate surface area is 87.7 Å². The molecule has 0 bridgehead atoms. The number of hydrogen-bond acceptors (Lipinski definition) is 4. The summed E-state index contributed by atoms with van der Waals surface area (Å²) in [7, 11) is 0. The van der Waals surface area contributed by atoms with Crippen LogP contribution < -0.4 is 10.6 Å². The Bertz CT molecular complexity index is 261. The molecule has 0 spiro atoms. The number of carbonyl (C=O) groups is 2. The van der Waals surface area contributed by atoms with E-state index in [1.807, 2.05) is 0 Å². The largest absolute Gasteiger partial charge is 0.479 e. The van der Waals surface area contributed by atoms with Crippen LogP contribution in [-0.4, -0.2) is 46.8 Å². The second-order valence-corrected chi connectivity index (χ2v) is 4.02. The number of amides is 1. The first kappa shape index (κ1) is 11.9. The zero-order valence-electron chi connectivity index (χ0n) is 8.62. The van der Waals surface area contributed by atoms with E-state index in [1.165, 1.54) is 6.92 Å². The molecule has 6 heteroatoms. The molecule has 15 heavy (non-hydrogen) atoms. The zero-order valence-corrected chi connectivity index (χ0v) is 8.62. The topological polar surface area (TPSA) is 98.7 Å². The highest BCUT2D eigenvalue weighted by Gasteiger charge is 2.29. The van der Waals surface area contributed by atoms with Gasteiger partial charge in [0.25, 0.3) is 0 Å². The normalized spacial score (nSPS) is 19.3. The van der Waals surface area contributed by atoms with Crippen LogP contribution in [0.2, 0.25) is 0 Å². The molecule has 86 valence electrons. The van der Waals surface area contributed by atoms with Crippen molar-refractivity contribution in [2.75, 3.05) is 13.1 Å². The van der Waals surface area contributed by atoms with Gasteiger partial charge in [-0.3, -0.25) is 4.79 Å². The van der Waals surface area contributed by atoms with Crippen LogP contribution in [0.15, 0.2) is 0 Å². The van der Waals surface area contributed by atoms with E-state index in [1.54, 1.807) is 0 Å². The van der Waals surface area contributed by atoms with E-state index in [0.717, 1.165) is 12.8 Å². The lowest BCUT2D eigenvalue weighted by molar-refractivity contribution is -0.156. The predicted octanol–water partition coefficient (Wildman–Crippen LogP) is -1.31. The third-order valence-corrected chi connectivity index (χ3v) is 2.16. The van der Waals surface area contributed by atoms with Gasteiger partial charge in [0.15, 0.2) is 5.60 Å². The molecule has 1 saturated carbocycles. The van der Waals surface area contributed by atoms with Crippen LogP contribution in [0.3, 0.4) is 0 Å². The molecule has 1 fully saturated rings. The number of aliphatic hydroxyl groups is 1. The summed E-state index contributed by atoms with van der Waals surface area (Å²) < 4.78 is 0. The number of aliphatic carboxylic acids is 1. The second kappa shape index (κ2) is 4.59. The Morgan fingerprint density at radius 3 is 2.53 bits per heavy atom. The lowest BCUT2D eigenvalue weighted by Crippen LogP contribution is -2.47. The summed E-state index contributed by atoms with van der Waals surface area (Å²) in [4.78, 5) is 21.6. The van der Waals surface area contributed by atoms with E-state index in [2.05, 4.69) is 10.6 Å². The van der Waals surface area contributed by atoms with Crippen molar-refractivity contribution in [2.45, 2.75) is 31.4 Å². The molecule has 1 amide bonds. The van der Waals surface area contributed by atoms with Gasteiger partial charge in [-0.05, 0) is 19.8 Å². The van der Waals surface area contributed by atoms with Crippen LogP contribution in [0.4, 0.5) is 0 Å². The van der Waals surface area contributed by atoms with Crippen LogP contribution in [-0.2, 0) is 9.59 Å². The van der Waals surface area contributed by atoms with Crippen molar-refractivity contribution in [3.63, 3.8) is 0 Å². The monoisotopic (exact) mass is 216 g/mol. The SMILES string of the molecule is CC(O)(CNCC(=O)NC1CC1)C(=O)O. The maximum Gasteiger partial charge on any atom is 0.336 e. The fraction of sp³-hybridized carbons (Fsp3) is 0.778. The summed E-state index contributed by atoms with van der Waals surface area (Å²) in [6, 6.07) is 0.291. The average molecular weight is 216 g/mol. The highest BCUT2D eigenvalue weighted by Crippen LogP contribution is 2.18. The van der Waals surface area contributed by atoms with E-state index >= 15 is 0 Å². The number of hydrogen-bond donors (Lipinski definition) is 4. The maximum atomic E-state index is 11.1. The van der Waals surface area contributed by atoms with Crippen LogP contribution >= 0.6 is 0 Å². The third-order valence-electron chi connectivity index (χ3n) is 2.16. The van der Waals surface area contributed by atoms with Gasteiger partial charge in [0.1, 0.15) is 0 Å². The highest BCUT2D eigenvalue weighted by molar-refractivity contribution is 5.79. The number of carboxylic acid groups (broad SMARTS) is 1. The zero-order chi connectivity index (χ0) is 11.5. The van der Waals surface area contributed by atoms with E-state index in [4.69, 9.17) is 5.11 Å². The Morgan fingerprint density at radius 2 is 2.07 bits per heavy atom. The minimum absolute atomic E-state index is 0.0277. The van der Waals surface area contributed by atoms with Gasteiger partial charge in [-0.2, -0.15) is 0 Å². The molecule has 0 aromatic carbocycles. The quantitative estimate of drug-likeness (QED) is 0.442. The molecule has 6 nitrogen and oxygen atoms in total. The van der Waals surface area contributed by atoms with Crippen molar-refractivity contribution < 1.29 is 19.8 Å². The van der Waals surface area contributed by atoms with Gasteiger partial charge in [0, 0.05) is 12.6 Å². The molecular weight excluding hydrogens is 200 g/mol. The molecule has 0 saturated heterocycles. The van der Waals surface area contributed by atoms with Crippen LogP contribution in [0.25, 0.3) is 0 Å². The Hall–Kier alpha value is -1.14. The molecule has 1 aliphatic carbocycles. The highest BCUT2D eigenvalue weighted by atomic mass is 16.4. The third kappa shape index (κ3) is 4.26. The molecule has 1 rings (SSSR count). The van der Waals surface area contributed by atoms with Crippen molar-refractivity contribution in [2.24, 2.45) is 0 Å². The van der Waals surface area contributed by atoms with Crippen molar-refractivity contribution in [3.8, 4) is 0 Å². The molecular formula is C9H16N2O4. The van der Waals surface area contributed by atoms with Gasteiger partial charge in [-0.25, -0.2) is 4.79 Å². The summed E-state index contributed by atoms with van der Waals surface area (Å²) in [6.07, 6.45) is 2.02. The second-order valence-electron chi connectivity index (χ2n) is 4.02. The van der Waals surface area contributed by atoms with Gasteiger partial charge in [0.05, 0.1) is 6.54 Å².